The van der Waals surface area contributed by atoms with Crippen LogP contribution in [0.4, 0.5) is 0 Å². The summed E-state index contributed by atoms with van der Waals surface area (Å²) in [5, 5.41) is 5.31. The van der Waals surface area contributed by atoms with Crippen molar-refractivity contribution < 1.29 is 8.42 Å². The molecule has 2 aliphatic rings. The first-order valence-corrected chi connectivity index (χ1v) is 10.2. The maximum atomic E-state index is 13.1. The van der Waals surface area contributed by atoms with E-state index < -0.39 is 10.0 Å². The first-order chi connectivity index (χ1) is 10.0. The summed E-state index contributed by atoms with van der Waals surface area (Å²) in [5.74, 6) is 0.588. The van der Waals surface area contributed by atoms with Crippen LogP contribution < -0.4 is 5.32 Å². The molecule has 3 rings (SSSR count). The Bertz CT molecular complexity index is 609. The average molecular weight is 329 g/mol. The van der Waals surface area contributed by atoms with Gasteiger partial charge in [-0.05, 0) is 56.0 Å². The average Bonchev–Trinajstić information content (AvgIpc) is 3.14. The first kappa shape index (κ1) is 15.5. The Hall–Kier alpha value is -0.430. The van der Waals surface area contributed by atoms with Gasteiger partial charge in [0.25, 0.3) is 0 Å². The van der Waals surface area contributed by atoms with Crippen LogP contribution in [0.15, 0.2) is 10.3 Å². The molecule has 0 spiro atoms. The molecule has 2 fully saturated rings. The lowest BCUT2D eigenvalue weighted by Gasteiger charge is -2.26. The van der Waals surface area contributed by atoms with E-state index in [0.717, 1.165) is 42.8 Å². The zero-order chi connectivity index (χ0) is 15.0. The van der Waals surface area contributed by atoms with Crippen LogP contribution in [-0.4, -0.2) is 31.9 Å². The quantitative estimate of drug-likeness (QED) is 0.817. The minimum atomic E-state index is -3.32. The van der Waals surface area contributed by atoms with E-state index in [4.69, 9.17) is 0 Å². The highest BCUT2D eigenvalue weighted by Gasteiger charge is 2.45. The van der Waals surface area contributed by atoms with Gasteiger partial charge in [-0.1, -0.05) is 6.92 Å². The van der Waals surface area contributed by atoms with Gasteiger partial charge in [0.1, 0.15) is 4.90 Å². The Morgan fingerprint density at radius 3 is 2.86 bits per heavy atom. The Morgan fingerprint density at radius 2 is 2.24 bits per heavy atom. The van der Waals surface area contributed by atoms with E-state index in [0.29, 0.717) is 17.4 Å². The van der Waals surface area contributed by atoms with Crippen LogP contribution in [0, 0.1) is 12.8 Å². The highest BCUT2D eigenvalue weighted by molar-refractivity contribution is 7.89. The Kier molecular flexibility index (Phi) is 4.41. The monoisotopic (exact) mass is 328 g/mol. The predicted molar refractivity (Wildman–Crippen MR) is 86.1 cm³/mol. The molecule has 1 saturated carbocycles. The zero-order valence-corrected chi connectivity index (χ0v) is 14.4. The molecular weight excluding hydrogens is 304 g/mol. The fraction of sp³-hybridized carbons (Fsp3) is 0.733. The van der Waals surface area contributed by atoms with Gasteiger partial charge in [0.15, 0.2) is 0 Å². The van der Waals surface area contributed by atoms with Crippen molar-refractivity contribution in [1.29, 1.82) is 0 Å². The number of thiophene rings is 1. The Labute approximate surface area is 131 Å². The molecule has 1 N–H and O–H groups in total. The summed E-state index contributed by atoms with van der Waals surface area (Å²) in [5.41, 5.74) is 0.899. The van der Waals surface area contributed by atoms with Crippen molar-refractivity contribution in [1.82, 2.24) is 9.62 Å². The van der Waals surface area contributed by atoms with Crippen molar-refractivity contribution in [3.8, 4) is 0 Å². The largest absolute Gasteiger partial charge is 0.312 e. The maximum absolute atomic E-state index is 13.1. The van der Waals surface area contributed by atoms with Crippen LogP contribution in [0.25, 0.3) is 0 Å². The summed E-state index contributed by atoms with van der Waals surface area (Å²) in [6.07, 6.45) is 4.36. The Morgan fingerprint density at radius 1 is 1.43 bits per heavy atom. The summed E-state index contributed by atoms with van der Waals surface area (Å²) >= 11 is 1.56. The van der Waals surface area contributed by atoms with E-state index >= 15 is 0 Å². The van der Waals surface area contributed by atoms with E-state index in [9.17, 15) is 8.42 Å². The van der Waals surface area contributed by atoms with E-state index in [1.807, 2.05) is 12.3 Å². The molecule has 2 bridgehead atoms. The molecule has 1 aliphatic heterocycles. The zero-order valence-electron chi connectivity index (χ0n) is 12.8. The highest BCUT2D eigenvalue weighted by Crippen LogP contribution is 2.42. The lowest BCUT2D eigenvalue weighted by molar-refractivity contribution is 0.333. The number of sulfonamides is 1. The molecule has 0 radical (unpaired) electrons. The van der Waals surface area contributed by atoms with Gasteiger partial charge in [-0.15, -0.1) is 11.3 Å². The van der Waals surface area contributed by atoms with Crippen molar-refractivity contribution in [2.24, 2.45) is 5.92 Å². The molecule has 21 heavy (non-hydrogen) atoms. The van der Waals surface area contributed by atoms with Crippen molar-refractivity contribution in [2.75, 3.05) is 13.1 Å². The smallest absolute Gasteiger partial charge is 0.244 e. The fourth-order valence-electron chi connectivity index (χ4n) is 3.63. The third-order valence-electron chi connectivity index (χ3n) is 4.63. The van der Waals surface area contributed by atoms with Gasteiger partial charge in [0.05, 0.1) is 0 Å². The van der Waals surface area contributed by atoms with Crippen LogP contribution in [0.1, 0.15) is 43.0 Å². The number of nitrogens with zero attached hydrogens (tertiary/aromatic N) is 1. The maximum Gasteiger partial charge on any atom is 0.244 e. The molecule has 1 aromatic heterocycles. The minimum absolute atomic E-state index is 0.246. The highest BCUT2D eigenvalue weighted by atomic mass is 32.2. The van der Waals surface area contributed by atoms with Gasteiger partial charge in [0.2, 0.25) is 10.0 Å². The van der Waals surface area contributed by atoms with Crippen LogP contribution in [0.3, 0.4) is 0 Å². The second kappa shape index (κ2) is 5.99. The van der Waals surface area contributed by atoms with Gasteiger partial charge >= 0.3 is 0 Å². The topological polar surface area (TPSA) is 49.4 Å². The number of hydrogen-bond acceptors (Lipinski definition) is 4. The van der Waals surface area contributed by atoms with Gasteiger partial charge < -0.3 is 5.32 Å². The molecule has 4 nitrogen and oxygen atoms in total. The van der Waals surface area contributed by atoms with Crippen molar-refractivity contribution >= 4 is 21.4 Å². The van der Waals surface area contributed by atoms with E-state index in [1.54, 1.807) is 15.6 Å². The van der Waals surface area contributed by atoms with Gasteiger partial charge in [-0.3, -0.25) is 0 Å². The third kappa shape index (κ3) is 2.79. The van der Waals surface area contributed by atoms with Crippen molar-refractivity contribution in [2.45, 2.75) is 57.0 Å². The van der Waals surface area contributed by atoms with Gasteiger partial charge in [-0.2, -0.15) is 4.31 Å². The van der Waals surface area contributed by atoms with Gasteiger partial charge in [0, 0.05) is 24.0 Å². The lowest BCUT2D eigenvalue weighted by atomic mass is 10.1. The molecule has 2 heterocycles. The molecular formula is C15H24N2O2S2. The number of aryl methyl sites for hydroxylation is 1. The summed E-state index contributed by atoms with van der Waals surface area (Å²) < 4.78 is 27.9. The standard InChI is InChI=1S/C15H24N2O2S2/c1-3-6-16-8-14-15(11(2)10-20-14)21(18,19)17-9-12-4-5-13(17)7-12/h10,12-13,16H,3-9H2,1-2H3. The lowest BCUT2D eigenvalue weighted by Crippen LogP contribution is -2.38. The fourth-order valence-corrected chi connectivity index (χ4v) is 7.10. The summed E-state index contributed by atoms with van der Waals surface area (Å²) in [6, 6.07) is 0.246. The first-order valence-electron chi connectivity index (χ1n) is 7.83. The molecule has 1 aliphatic carbocycles. The SMILES string of the molecule is CCCNCc1scc(C)c1S(=O)(=O)N1CC2CCC1C2. The molecule has 1 aromatic rings. The second-order valence-electron chi connectivity index (χ2n) is 6.26. The Balaban J connectivity index is 1.86. The summed E-state index contributed by atoms with van der Waals surface area (Å²) in [7, 11) is -3.32. The molecule has 2 unspecified atom stereocenters. The van der Waals surface area contributed by atoms with Crippen LogP contribution in [-0.2, 0) is 16.6 Å². The molecule has 2 atom stereocenters. The van der Waals surface area contributed by atoms with Crippen LogP contribution in [0.2, 0.25) is 0 Å². The van der Waals surface area contributed by atoms with Crippen molar-refractivity contribution in [3.05, 3.63) is 15.8 Å². The van der Waals surface area contributed by atoms with Crippen molar-refractivity contribution in [3.63, 3.8) is 0 Å². The van der Waals surface area contributed by atoms with Gasteiger partial charge in [-0.25, -0.2) is 8.42 Å². The van der Waals surface area contributed by atoms with E-state index in [2.05, 4.69) is 12.2 Å². The molecule has 0 amide bonds. The summed E-state index contributed by atoms with van der Waals surface area (Å²) in [4.78, 5) is 1.53. The molecule has 118 valence electrons. The molecule has 1 saturated heterocycles. The van der Waals surface area contributed by atoms with E-state index in [-0.39, 0.29) is 6.04 Å². The van der Waals surface area contributed by atoms with Crippen LogP contribution >= 0.6 is 11.3 Å². The number of fused-ring (bicyclic) bond motifs is 2. The van der Waals surface area contributed by atoms with E-state index in [1.165, 1.54) is 6.42 Å². The number of nitrogens with one attached hydrogen (secondary N) is 1. The summed E-state index contributed by atoms with van der Waals surface area (Å²) in [6.45, 7) is 6.34. The number of hydrogen-bond donors (Lipinski definition) is 1. The molecule has 0 aromatic carbocycles. The second-order valence-corrected chi connectivity index (χ2v) is 9.05. The third-order valence-corrected chi connectivity index (χ3v) is 8.01. The van der Waals surface area contributed by atoms with Crippen LogP contribution in [0.5, 0.6) is 0 Å². The number of rotatable bonds is 6. The molecule has 6 heteroatoms. The number of piperidine rings is 1. The predicted octanol–water partition coefficient (Wildman–Crippen LogP) is 2.73. The normalized spacial score (nSPS) is 25.8. The minimum Gasteiger partial charge on any atom is -0.312 e.